The Kier molecular flexibility index (Phi) is 13.9. The molecule has 0 aromatic heterocycles. The highest BCUT2D eigenvalue weighted by molar-refractivity contribution is 5.86. The monoisotopic (exact) mass is 526 g/mol. The number of carbonyl (C=O) groups excluding carboxylic acids is 3. The van der Waals surface area contributed by atoms with E-state index in [4.69, 9.17) is 16.6 Å². The van der Waals surface area contributed by atoms with Gasteiger partial charge in [0.1, 0.15) is 18.0 Å². The van der Waals surface area contributed by atoms with Crippen molar-refractivity contribution in [1.29, 1.82) is 0 Å². The van der Waals surface area contributed by atoms with Crippen molar-refractivity contribution in [3.8, 4) is 0 Å². The Balaban J connectivity index is 2.75. The average molecular weight is 527 g/mol. The molecule has 37 heavy (non-hydrogen) atoms. The minimum Gasteiger partial charge on any atom is -0.481 e. The molecule has 0 radical (unpaired) electrons. The third kappa shape index (κ3) is 10.5. The topological polar surface area (TPSA) is 246 Å². The van der Waals surface area contributed by atoms with Crippen LogP contribution in [-0.2, 0) is 19.2 Å². The van der Waals surface area contributed by atoms with E-state index < -0.39 is 73.3 Å². The number of aliphatic carboxylic acids is 1. The van der Waals surface area contributed by atoms with Gasteiger partial charge in [0.2, 0.25) is 5.91 Å². The van der Waals surface area contributed by atoms with Gasteiger partial charge in [-0.25, -0.2) is 0 Å². The molecule has 0 spiro atoms. The highest BCUT2D eigenvalue weighted by Gasteiger charge is 2.37. The fourth-order valence-electron chi connectivity index (χ4n) is 3.56. The lowest BCUT2D eigenvalue weighted by Gasteiger charge is -2.30. The van der Waals surface area contributed by atoms with Crippen molar-refractivity contribution >= 4 is 23.6 Å². The molecule has 0 aliphatic heterocycles. The van der Waals surface area contributed by atoms with Crippen LogP contribution in [0.25, 0.3) is 0 Å². The minimum atomic E-state index is -2.23. The fraction of sp³-hybridized carbons (Fsp3) is 0.583. The number of nitrogens with one attached hydrogen (secondary N) is 2. The van der Waals surface area contributed by atoms with E-state index in [1.54, 1.807) is 30.3 Å². The first-order valence-corrected chi connectivity index (χ1v) is 12.0. The Morgan fingerprint density at radius 1 is 0.892 bits per heavy atom. The highest BCUT2D eigenvalue weighted by Crippen LogP contribution is 2.17. The Labute approximate surface area is 214 Å². The number of carboxylic acids is 1. The summed E-state index contributed by atoms with van der Waals surface area (Å²) in [7, 11) is 0. The molecular formula is C24H38N4O9. The van der Waals surface area contributed by atoms with Crippen LogP contribution in [0.2, 0.25) is 0 Å². The molecule has 208 valence electrons. The predicted molar refractivity (Wildman–Crippen MR) is 132 cm³/mol. The number of carbonyl (C=O) groups is 4. The van der Waals surface area contributed by atoms with E-state index in [-0.39, 0.29) is 18.6 Å². The van der Waals surface area contributed by atoms with Crippen molar-refractivity contribution in [2.24, 2.45) is 11.5 Å². The van der Waals surface area contributed by atoms with Crippen LogP contribution in [-0.4, -0.2) is 92.1 Å². The summed E-state index contributed by atoms with van der Waals surface area (Å²) >= 11 is 0. The summed E-state index contributed by atoms with van der Waals surface area (Å²) < 4.78 is 0. The van der Waals surface area contributed by atoms with Crippen LogP contribution in [0.3, 0.4) is 0 Å². The molecule has 13 heteroatoms. The van der Waals surface area contributed by atoms with Crippen LogP contribution in [0, 0.1) is 0 Å². The Morgan fingerprint density at radius 3 is 2.05 bits per heavy atom. The van der Waals surface area contributed by atoms with Gasteiger partial charge in [-0.1, -0.05) is 43.7 Å². The zero-order valence-corrected chi connectivity index (χ0v) is 20.7. The molecule has 0 heterocycles. The zero-order valence-electron chi connectivity index (χ0n) is 20.7. The molecule has 0 bridgehead atoms. The summed E-state index contributed by atoms with van der Waals surface area (Å²) in [6.07, 6.45) is -5.80. The lowest BCUT2D eigenvalue weighted by Crippen LogP contribution is -2.58. The first-order valence-electron chi connectivity index (χ1n) is 12.0. The molecule has 13 nitrogen and oxygen atoms in total. The largest absolute Gasteiger partial charge is 0.481 e. The number of hydrogen-bond donors (Lipinski definition) is 9. The van der Waals surface area contributed by atoms with E-state index in [0.29, 0.717) is 18.4 Å². The van der Waals surface area contributed by atoms with Gasteiger partial charge >= 0.3 is 5.97 Å². The molecule has 1 rings (SSSR count). The van der Waals surface area contributed by atoms with Crippen molar-refractivity contribution in [3.63, 3.8) is 0 Å². The Hall–Kier alpha value is -2.94. The molecule has 0 aliphatic carbocycles. The van der Waals surface area contributed by atoms with E-state index in [2.05, 4.69) is 10.6 Å². The number of carboxylic acid groups (broad SMARTS) is 1. The standard InChI is InChI=1S/C24H38N4O9/c1-2-6-14(25)18(30)10-9-15(26)23(36)28-17(12-29)20(33)21(34)22(35)24(37)27-16(11-19(31)32)13-7-4-3-5-8-13/h3-5,7-8,14-17,20-22,29,33-35H,2,6,9-12,25-26H2,1H3,(H,27,37)(H,28,36)(H,31,32)/t14-,15-,16-,17-,20+,21+,22-/m0/s1. The lowest BCUT2D eigenvalue weighted by atomic mass is 9.98. The molecule has 0 unspecified atom stereocenters. The predicted octanol–water partition coefficient (Wildman–Crippen LogP) is -2.32. The van der Waals surface area contributed by atoms with Crippen LogP contribution >= 0.6 is 0 Å². The second-order valence-corrected chi connectivity index (χ2v) is 8.80. The van der Waals surface area contributed by atoms with E-state index in [1.165, 1.54) is 0 Å². The average Bonchev–Trinajstić information content (AvgIpc) is 2.88. The number of benzene rings is 1. The number of Topliss-reactive ketones (excluding diaryl/α,β-unsaturated/α-hetero) is 1. The summed E-state index contributed by atoms with van der Waals surface area (Å²) in [5, 5.41) is 54.3. The number of nitrogens with two attached hydrogens (primary N) is 2. The van der Waals surface area contributed by atoms with E-state index >= 15 is 0 Å². The van der Waals surface area contributed by atoms with Gasteiger partial charge in [-0.2, -0.15) is 0 Å². The summed E-state index contributed by atoms with van der Waals surface area (Å²) in [6, 6.07) is 3.67. The van der Waals surface area contributed by atoms with Crippen molar-refractivity contribution in [2.75, 3.05) is 6.61 Å². The van der Waals surface area contributed by atoms with E-state index in [1.807, 2.05) is 6.92 Å². The maximum Gasteiger partial charge on any atom is 0.305 e. The molecule has 0 saturated carbocycles. The number of amides is 2. The van der Waals surface area contributed by atoms with Gasteiger partial charge in [-0.15, -0.1) is 0 Å². The number of aliphatic hydroxyl groups excluding tert-OH is 4. The normalized spacial score (nSPS) is 16.9. The number of aliphatic hydroxyl groups is 4. The molecule has 7 atom stereocenters. The molecular weight excluding hydrogens is 488 g/mol. The second kappa shape index (κ2) is 16.0. The lowest BCUT2D eigenvalue weighted by molar-refractivity contribution is -0.145. The van der Waals surface area contributed by atoms with Crippen LogP contribution < -0.4 is 22.1 Å². The van der Waals surface area contributed by atoms with Crippen molar-refractivity contribution < 1.29 is 44.7 Å². The third-order valence-electron chi connectivity index (χ3n) is 5.83. The van der Waals surface area contributed by atoms with Crippen LogP contribution in [0.1, 0.15) is 50.6 Å². The van der Waals surface area contributed by atoms with Crippen LogP contribution in [0.5, 0.6) is 0 Å². The van der Waals surface area contributed by atoms with Gasteiger partial charge in [-0.05, 0) is 18.4 Å². The molecule has 2 amide bonds. The molecule has 1 aromatic carbocycles. The number of hydrogen-bond acceptors (Lipinski definition) is 10. The Bertz CT molecular complexity index is 886. The van der Waals surface area contributed by atoms with Gasteiger partial charge in [0.15, 0.2) is 6.10 Å². The van der Waals surface area contributed by atoms with Gasteiger partial charge < -0.3 is 47.6 Å². The quantitative estimate of drug-likeness (QED) is 0.104. The van der Waals surface area contributed by atoms with Gasteiger partial charge in [0.05, 0.1) is 37.2 Å². The third-order valence-corrected chi connectivity index (χ3v) is 5.83. The second-order valence-electron chi connectivity index (χ2n) is 8.80. The van der Waals surface area contributed by atoms with Gasteiger partial charge in [-0.3, -0.25) is 19.2 Å². The summed E-state index contributed by atoms with van der Waals surface area (Å²) in [6.45, 7) is 0.996. The molecule has 0 saturated heterocycles. The summed E-state index contributed by atoms with van der Waals surface area (Å²) in [5.74, 6) is -3.50. The maximum atomic E-state index is 12.5. The number of ketones is 1. The zero-order chi connectivity index (χ0) is 28.1. The van der Waals surface area contributed by atoms with Crippen LogP contribution in [0.15, 0.2) is 30.3 Å². The first-order chi connectivity index (χ1) is 17.4. The molecule has 11 N–H and O–H groups in total. The van der Waals surface area contributed by atoms with Crippen molar-refractivity contribution in [2.45, 2.75) is 81.5 Å². The SMILES string of the molecule is CCC[C@H](N)C(=O)CC[C@H](N)C(=O)N[C@@H](CO)[C@@H](O)[C@@H](O)[C@H](O)C(=O)N[C@@H](CC(=O)O)c1ccccc1. The van der Waals surface area contributed by atoms with Gasteiger partial charge in [0, 0.05) is 6.42 Å². The first kappa shape index (κ1) is 32.1. The minimum absolute atomic E-state index is 0.0473. The van der Waals surface area contributed by atoms with Crippen LogP contribution in [0.4, 0.5) is 0 Å². The molecule has 0 fully saturated rings. The highest BCUT2D eigenvalue weighted by atomic mass is 16.4. The molecule has 0 aliphatic rings. The van der Waals surface area contributed by atoms with Gasteiger partial charge in [0.25, 0.3) is 5.91 Å². The van der Waals surface area contributed by atoms with E-state index in [9.17, 15) is 39.6 Å². The van der Waals surface area contributed by atoms with Crippen molar-refractivity contribution in [3.05, 3.63) is 35.9 Å². The molecule has 1 aromatic rings. The summed E-state index contributed by atoms with van der Waals surface area (Å²) in [4.78, 5) is 48.1. The van der Waals surface area contributed by atoms with E-state index in [0.717, 1.165) is 0 Å². The smallest absolute Gasteiger partial charge is 0.305 e. The van der Waals surface area contributed by atoms with Crippen molar-refractivity contribution in [1.82, 2.24) is 10.6 Å². The summed E-state index contributed by atoms with van der Waals surface area (Å²) in [5.41, 5.74) is 12.0. The number of rotatable bonds is 17. The Morgan fingerprint density at radius 2 is 1.51 bits per heavy atom. The maximum absolute atomic E-state index is 12.5. The fourth-order valence-corrected chi connectivity index (χ4v) is 3.56.